The number of carboxylic acid groups (broad SMARTS) is 2. The van der Waals surface area contributed by atoms with E-state index in [1.807, 2.05) is 0 Å². The average Bonchev–Trinajstić information content (AvgIpc) is 2.58. The molecule has 1 aliphatic heterocycles. The number of cyclic esters (lactones) is 2. The van der Waals surface area contributed by atoms with Crippen LogP contribution in [-0.4, -0.2) is 47.3 Å². The minimum atomic E-state index is -0.740. The molecule has 1 rings (SSSR count). The molecule has 0 bridgehead atoms. The number of carbonyl (C=O) groups is 4. The van der Waals surface area contributed by atoms with E-state index in [1.54, 1.807) is 0 Å². The van der Waals surface area contributed by atoms with Gasteiger partial charge in [-0.05, 0) is 25.7 Å². The number of hydrogen-bond donors (Lipinski definition) is 2. The van der Waals surface area contributed by atoms with Gasteiger partial charge in [-0.3, -0.25) is 19.2 Å². The molecule has 1 fully saturated rings. The number of carbonyl (C=O) groups excluding carboxylic acids is 2. The summed E-state index contributed by atoms with van der Waals surface area (Å²) in [7, 11) is 0. The molecule has 2 N–H and O–H groups in total. The molecule has 1 heterocycles. The van der Waals surface area contributed by atoms with Crippen LogP contribution >= 0.6 is 0 Å². The van der Waals surface area contributed by atoms with Crippen LogP contribution in [0.5, 0.6) is 0 Å². The van der Waals surface area contributed by atoms with Crippen LogP contribution in [0.4, 0.5) is 0 Å². The number of aliphatic carboxylic acids is 2. The summed E-state index contributed by atoms with van der Waals surface area (Å²) in [6, 6.07) is 0. The predicted octanol–water partition coefficient (Wildman–Crippen LogP) is 2.92. The molecule has 8 nitrogen and oxygen atoms in total. The number of hydrogen-bond acceptors (Lipinski definition) is 6. The number of carboxylic acids is 2. The van der Waals surface area contributed by atoms with Gasteiger partial charge < -0.3 is 19.7 Å². The zero-order valence-electron chi connectivity index (χ0n) is 15.2. The molecule has 0 atom stereocenters. The van der Waals surface area contributed by atoms with Crippen molar-refractivity contribution in [3.63, 3.8) is 0 Å². The van der Waals surface area contributed by atoms with Crippen LogP contribution in [0.1, 0.15) is 77.0 Å². The Kier molecular flexibility index (Phi) is 15.0. The second-order valence-electron chi connectivity index (χ2n) is 6.06. The maximum absolute atomic E-state index is 10.8. The fourth-order valence-corrected chi connectivity index (χ4v) is 2.18. The zero-order valence-corrected chi connectivity index (χ0v) is 15.2. The predicted molar refractivity (Wildman–Crippen MR) is 92.6 cm³/mol. The summed E-state index contributed by atoms with van der Waals surface area (Å²) in [6.07, 6.45) is 7.63. The molecule has 0 saturated carbocycles. The molecule has 0 aromatic carbocycles. The van der Waals surface area contributed by atoms with Gasteiger partial charge in [0.1, 0.15) is 0 Å². The second kappa shape index (κ2) is 16.4. The molecule has 0 aliphatic carbocycles. The Morgan fingerprint density at radius 3 is 1.38 bits per heavy atom. The number of esters is 2. The van der Waals surface area contributed by atoms with E-state index in [9.17, 15) is 19.2 Å². The lowest BCUT2D eigenvalue weighted by Gasteiger charge is -2.08. The van der Waals surface area contributed by atoms with E-state index in [0.717, 1.165) is 51.4 Å². The zero-order chi connectivity index (χ0) is 19.6. The van der Waals surface area contributed by atoms with Crippen molar-refractivity contribution in [3.8, 4) is 0 Å². The lowest BCUT2D eigenvalue weighted by Crippen LogP contribution is -2.14. The van der Waals surface area contributed by atoms with E-state index in [-0.39, 0.29) is 37.6 Å². The van der Waals surface area contributed by atoms with E-state index in [0.29, 0.717) is 13.2 Å². The summed E-state index contributed by atoms with van der Waals surface area (Å²) in [5.41, 5.74) is 0. The summed E-state index contributed by atoms with van der Waals surface area (Å²) in [4.78, 5) is 41.9. The van der Waals surface area contributed by atoms with Crippen LogP contribution in [0.2, 0.25) is 0 Å². The Bertz CT molecular complexity index is 393. The van der Waals surface area contributed by atoms with Crippen molar-refractivity contribution in [2.24, 2.45) is 0 Å². The van der Waals surface area contributed by atoms with Gasteiger partial charge in [0.15, 0.2) is 0 Å². The minimum absolute atomic E-state index is 0.138. The Balaban J connectivity index is 0.000000485. The molecule has 26 heavy (non-hydrogen) atoms. The first-order chi connectivity index (χ1) is 12.4. The fourth-order valence-electron chi connectivity index (χ4n) is 2.18. The van der Waals surface area contributed by atoms with Crippen LogP contribution in [0.3, 0.4) is 0 Å². The van der Waals surface area contributed by atoms with Crippen molar-refractivity contribution < 1.29 is 38.9 Å². The van der Waals surface area contributed by atoms with Gasteiger partial charge in [0.05, 0.1) is 26.1 Å². The molecule has 0 aromatic heterocycles. The van der Waals surface area contributed by atoms with Gasteiger partial charge in [0.2, 0.25) is 0 Å². The Morgan fingerprint density at radius 2 is 1.04 bits per heavy atom. The molecule has 0 radical (unpaired) electrons. The average molecular weight is 374 g/mol. The molecule has 8 heteroatoms. The van der Waals surface area contributed by atoms with Crippen LogP contribution in [0, 0.1) is 0 Å². The van der Waals surface area contributed by atoms with E-state index in [1.165, 1.54) is 0 Å². The standard InChI is InChI=1S/C10H18O4.C8H12O4/c11-9(12)7-5-3-1-2-4-6-8-10(13)14;9-7-3-4-8(10)12-6-2-1-5-11-7/h1-8H2,(H,11,12)(H,13,14);1-6H2. The summed E-state index contributed by atoms with van der Waals surface area (Å²) in [5, 5.41) is 16.7. The normalized spacial score (nSPS) is 15.1. The fraction of sp³-hybridized carbons (Fsp3) is 0.778. The van der Waals surface area contributed by atoms with Crippen molar-refractivity contribution in [1.82, 2.24) is 0 Å². The van der Waals surface area contributed by atoms with Gasteiger partial charge in [-0.25, -0.2) is 0 Å². The molecular formula is C18H30O8. The van der Waals surface area contributed by atoms with Gasteiger partial charge in [0, 0.05) is 12.8 Å². The Labute approximate surface area is 153 Å². The van der Waals surface area contributed by atoms with Gasteiger partial charge in [-0.1, -0.05) is 25.7 Å². The highest BCUT2D eigenvalue weighted by Gasteiger charge is 2.10. The number of unbranched alkanes of at least 4 members (excludes halogenated alkanes) is 5. The lowest BCUT2D eigenvalue weighted by atomic mass is 10.1. The van der Waals surface area contributed by atoms with Gasteiger partial charge in [0.25, 0.3) is 0 Å². The topological polar surface area (TPSA) is 127 Å². The first kappa shape index (κ1) is 23.9. The number of rotatable bonds is 9. The maximum Gasteiger partial charge on any atom is 0.306 e. The van der Waals surface area contributed by atoms with Crippen molar-refractivity contribution >= 4 is 23.9 Å². The maximum atomic E-state index is 10.8. The lowest BCUT2D eigenvalue weighted by molar-refractivity contribution is -0.152. The molecule has 1 aliphatic rings. The first-order valence-electron chi connectivity index (χ1n) is 9.16. The van der Waals surface area contributed by atoms with E-state index in [2.05, 4.69) is 0 Å². The molecule has 150 valence electrons. The quantitative estimate of drug-likeness (QED) is 0.466. The number of ether oxygens (including phenoxy) is 2. The van der Waals surface area contributed by atoms with Crippen molar-refractivity contribution in [1.29, 1.82) is 0 Å². The summed E-state index contributed by atoms with van der Waals surface area (Å²) >= 11 is 0. The third-order valence-corrected chi connectivity index (χ3v) is 3.63. The smallest absolute Gasteiger partial charge is 0.306 e. The highest BCUT2D eigenvalue weighted by Crippen LogP contribution is 2.08. The largest absolute Gasteiger partial charge is 0.481 e. The minimum Gasteiger partial charge on any atom is -0.481 e. The van der Waals surface area contributed by atoms with Gasteiger partial charge in [-0.15, -0.1) is 0 Å². The van der Waals surface area contributed by atoms with Crippen molar-refractivity contribution in [2.45, 2.75) is 77.0 Å². The van der Waals surface area contributed by atoms with Crippen molar-refractivity contribution in [3.05, 3.63) is 0 Å². The monoisotopic (exact) mass is 374 g/mol. The van der Waals surface area contributed by atoms with Crippen molar-refractivity contribution in [2.75, 3.05) is 13.2 Å². The van der Waals surface area contributed by atoms with Gasteiger partial charge in [-0.2, -0.15) is 0 Å². The van der Waals surface area contributed by atoms with Crippen LogP contribution in [0.15, 0.2) is 0 Å². The molecule has 0 spiro atoms. The van der Waals surface area contributed by atoms with E-state index < -0.39 is 11.9 Å². The highest BCUT2D eigenvalue weighted by molar-refractivity contribution is 5.77. The highest BCUT2D eigenvalue weighted by atomic mass is 16.5. The molecule has 1 saturated heterocycles. The van der Waals surface area contributed by atoms with E-state index in [4.69, 9.17) is 19.7 Å². The van der Waals surface area contributed by atoms with Crippen LogP contribution < -0.4 is 0 Å². The van der Waals surface area contributed by atoms with Crippen LogP contribution in [0.25, 0.3) is 0 Å². The summed E-state index contributed by atoms with van der Waals surface area (Å²) in [6.45, 7) is 0.882. The summed E-state index contributed by atoms with van der Waals surface area (Å²) < 4.78 is 9.64. The third kappa shape index (κ3) is 18.2. The Hall–Kier alpha value is -2.12. The van der Waals surface area contributed by atoms with Gasteiger partial charge >= 0.3 is 23.9 Å². The Morgan fingerprint density at radius 1 is 0.692 bits per heavy atom. The van der Waals surface area contributed by atoms with Crippen LogP contribution in [-0.2, 0) is 28.7 Å². The molecular weight excluding hydrogens is 344 g/mol. The SMILES string of the molecule is O=C(O)CCCCCCCCC(=O)O.O=C1CCC(=O)OCCCCO1. The second-order valence-corrected chi connectivity index (χ2v) is 6.06. The third-order valence-electron chi connectivity index (χ3n) is 3.63. The molecule has 0 aromatic rings. The van der Waals surface area contributed by atoms with E-state index >= 15 is 0 Å². The first-order valence-corrected chi connectivity index (χ1v) is 9.16. The summed E-state index contributed by atoms with van der Waals surface area (Å²) in [5.74, 6) is -2.10. The molecule has 0 amide bonds. The molecule has 0 unspecified atom stereocenters.